The molecule has 0 unspecified atom stereocenters. The van der Waals surface area contributed by atoms with Gasteiger partial charge in [-0.1, -0.05) is 60.7 Å². The number of benzene rings is 2. The molecule has 0 saturated carbocycles. The minimum absolute atomic E-state index is 0. The van der Waals surface area contributed by atoms with Crippen molar-refractivity contribution in [2.45, 2.75) is 51.6 Å². The van der Waals surface area contributed by atoms with Gasteiger partial charge in [0.2, 0.25) is 11.8 Å². The Hall–Kier alpha value is -2.41. The number of amides is 2. The summed E-state index contributed by atoms with van der Waals surface area (Å²) in [5.74, 6) is -0.151. The van der Waals surface area contributed by atoms with Gasteiger partial charge in [0.05, 0.1) is 19.7 Å². The zero-order chi connectivity index (χ0) is 25.4. The molecule has 35 heavy (non-hydrogen) atoms. The third kappa shape index (κ3) is 9.28. The highest BCUT2D eigenvalue weighted by atomic mass is 35.5. The van der Waals surface area contributed by atoms with E-state index in [9.17, 15) is 14.7 Å². The Morgan fingerprint density at radius 2 is 1.06 bits per heavy atom. The van der Waals surface area contributed by atoms with Crippen molar-refractivity contribution < 1.29 is 14.7 Å². The van der Waals surface area contributed by atoms with Crippen LogP contribution in [0, 0.1) is 0 Å². The molecule has 0 bridgehead atoms. The van der Waals surface area contributed by atoms with Crippen molar-refractivity contribution in [2.24, 2.45) is 0 Å². The lowest BCUT2D eigenvalue weighted by Gasteiger charge is -2.39. The normalized spacial score (nSPS) is 11.7. The number of hydrogen-bond acceptors (Lipinski definition) is 4. The minimum atomic E-state index is -0.387. The van der Waals surface area contributed by atoms with Crippen molar-refractivity contribution in [2.75, 3.05) is 40.3 Å². The van der Waals surface area contributed by atoms with Crippen LogP contribution in [0.1, 0.15) is 38.8 Å². The largest absolute Gasteiger partial charge is 0.395 e. The molecule has 0 heterocycles. The van der Waals surface area contributed by atoms with E-state index in [2.05, 4.69) is 24.3 Å². The third-order valence-electron chi connectivity index (χ3n) is 6.66. The van der Waals surface area contributed by atoms with E-state index >= 15 is 0 Å². The van der Waals surface area contributed by atoms with Crippen LogP contribution >= 0.6 is 12.4 Å². The fraction of sp³-hybridized carbons (Fsp3) is 0.500. The number of aliphatic hydroxyl groups is 1. The van der Waals surface area contributed by atoms with Gasteiger partial charge in [0.25, 0.3) is 0 Å². The first-order valence-corrected chi connectivity index (χ1v) is 11.9. The molecule has 194 valence electrons. The summed E-state index contributed by atoms with van der Waals surface area (Å²) in [7, 11) is 3.61. The minimum Gasteiger partial charge on any atom is -0.395 e. The summed E-state index contributed by atoms with van der Waals surface area (Å²) in [5.41, 5.74) is 1.55. The molecule has 0 saturated heterocycles. The number of aliphatic hydroxyl groups excluding tert-OH is 1. The van der Waals surface area contributed by atoms with Gasteiger partial charge in [-0.3, -0.25) is 14.5 Å². The molecule has 7 heteroatoms. The molecular formula is C28H42ClN3O3. The molecule has 0 spiro atoms. The van der Waals surface area contributed by atoms with Gasteiger partial charge < -0.3 is 14.9 Å². The smallest absolute Gasteiger partial charge is 0.236 e. The Bertz CT molecular complexity index is 846. The molecular weight excluding hydrogens is 462 g/mol. The molecule has 0 aliphatic heterocycles. The Labute approximate surface area is 217 Å². The molecule has 0 aromatic heterocycles. The molecule has 2 aromatic rings. The molecule has 2 aromatic carbocycles. The molecule has 2 rings (SSSR count). The summed E-state index contributed by atoms with van der Waals surface area (Å²) in [4.78, 5) is 31.5. The number of carbonyl (C=O) groups is 2. The van der Waals surface area contributed by atoms with Crippen molar-refractivity contribution in [3.8, 4) is 0 Å². The number of likely N-dealkylation sites (N-methyl/N-ethyl adjacent to an activating group) is 2. The van der Waals surface area contributed by atoms with E-state index in [0.29, 0.717) is 0 Å². The zero-order valence-electron chi connectivity index (χ0n) is 22.0. The fourth-order valence-electron chi connectivity index (χ4n) is 4.05. The van der Waals surface area contributed by atoms with Crippen LogP contribution in [-0.4, -0.2) is 83.0 Å². The third-order valence-corrected chi connectivity index (χ3v) is 6.66. The Morgan fingerprint density at radius 1 is 0.714 bits per heavy atom. The van der Waals surface area contributed by atoms with E-state index < -0.39 is 0 Å². The lowest BCUT2D eigenvalue weighted by molar-refractivity contribution is -0.139. The summed E-state index contributed by atoms with van der Waals surface area (Å²) in [6.07, 6.45) is 1.46. The first-order valence-electron chi connectivity index (χ1n) is 11.9. The van der Waals surface area contributed by atoms with Gasteiger partial charge in [-0.2, -0.15) is 0 Å². The second-order valence-corrected chi connectivity index (χ2v) is 10.3. The first-order chi connectivity index (χ1) is 16.0. The van der Waals surface area contributed by atoms with Gasteiger partial charge in [-0.15, -0.1) is 12.4 Å². The van der Waals surface area contributed by atoms with Crippen LogP contribution in [0.5, 0.6) is 0 Å². The second kappa shape index (κ2) is 13.6. The monoisotopic (exact) mass is 503 g/mol. The van der Waals surface area contributed by atoms with Crippen LogP contribution in [0.2, 0.25) is 0 Å². The standard InChI is InChI=1S/C28H41N3O3.ClH/c1-27(2,19-23-13-9-7-10-14-23)29(5)25(33)21-31(17-18-32)22-26(34)30(6)28(3,4)20-24-15-11-8-12-16-24;/h7-16,32H,17-22H2,1-6H3;1H. The van der Waals surface area contributed by atoms with Gasteiger partial charge in [0, 0.05) is 31.7 Å². The molecule has 1 N–H and O–H groups in total. The predicted octanol–water partition coefficient (Wildman–Crippen LogP) is 3.66. The summed E-state index contributed by atoms with van der Waals surface area (Å²) in [6, 6.07) is 20.2. The topological polar surface area (TPSA) is 64.1 Å². The van der Waals surface area contributed by atoms with Crippen LogP contribution in [0.25, 0.3) is 0 Å². The van der Waals surface area contributed by atoms with E-state index in [1.165, 1.54) is 0 Å². The fourth-order valence-corrected chi connectivity index (χ4v) is 4.05. The van der Waals surface area contributed by atoms with Gasteiger partial charge in [0.15, 0.2) is 0 Å². The van der Waals surface area contributed by atoms with Crippen LogP contribution < -0.4 is 0 Å². The average molecular weight is 504 g/mol. The van der Waals surface area contributed by atoms with Gasteiger partial charge in [-0.25, -0.2) is 0 Å². The summed E-state index contributed by atoms with van der Waals surface area (Å²) in [6.45, 7) is 8.46. The van der Waals surface area contributed by atoms with Crippen molar-refractivity contribution >= 4 is 24.2 Å². The number of rotatable bonds is 12. The first kappa shape index (κ1) is 30.6. The van der Waals surface area contributed by atoms with Crippen LogP contribution in [0.4, 0.5) is 0 Å². The number of hydrogen-bond donors (Lipinski definition) is 1. The lowest BCUT2D eigenvalue weighted by Crippen LogP contribution is -2.53. The summed E-state index contributed by atoms with van der Waals surface area (Å²) >= 11 is 0. The quantitative estimate of drug-likeness (QED) is 0.480. The molecule has 0 fully saturated rings. The maximum Gasteiger partial charge on any atom is 0.236 e. The Morgan fingerprint density at radius 3 is 1.37 bits per heavy atom. The van der Waals surface area contributed by atoms with Crippen LogP contribution in [0.15, 0.2) is 60.7 Å². The Balaban J connectivity index is 0.00000612. The van der Waals surface area contributed by atoms with Crippen molar-refractivity contribution in [3.05, 3.63) is 71.8 Å². The average Bonchev–Trinajstić information content (AvgIpc) is 2.78. The number of halogens is 1. The molecule has 6 nitrogen and oxygen atoms in total. The Kier molecular flexibility index (Phi) is 11.9. The molecule has 0 aliphatic carbocycles. The summed E-state index contributed by atoms with van der Waals surface area (Å²) in [5, 5.41) is 9.56. The maximum absolute atomic E-state index is 13.1. The number of carbonyl (C=O) groups excluding carboxylic acids is 2. The second-order valence-electron chi connectivity index (χ2n) is 10.3. The molecule has 0 radical (unpaired) electrons. The van der Waals surface area contributed by atoms with E-state index in [1.54, 1.807) is 28.8 Å². The van der Waals surface area contributed by atoms with E-state index in [-0.39, 0.29) is 61.5 Å². The van der Waals surface area contributed by atoms with E-state index in [0.717, 1.165) is 24.0 Å². The highest BCUT2D eigenvalue weighted by molar-refractivity contribution is 5.85. The van der Waals surface area contributed by atoms with Crippen LogP contribution in [-0.2, 0) is 22.4 Å². The maximum atomic E-state index is 13.1. The van der Waals surface area contributed by atoms with Crippen molar-refractivity contribution in [1.82, 2.24) is 14.7 Å². The molecule has 2 amide bonds. The van der Waals surface area contributed by atoms with Crippen LogP contribution in [0.3, 0.4) is 0 Å². The number of nitrogens with zero attached hydrogens (tertiary/aromatic N) is 3. The van der Waals surface area contributed by atoms with Gasteiger partial charge >= 0.3 is 0 Å². The van der Waals surface area contributed by atoms with Gasteiger partial charge in [0.1, 0.15) is 0 Å². The van der Waals surface area contributed by atoms with Crippen molar-refractivity contribution in [3.63, 3.8) is 0 Å². The highest BCUT2D eigenvalue weighted by Gasteiger charge is 2.31. The molecule has 0 atom stereocenters. The zero-order valence-corrected chi connectivity index (χ0v) is 22.8. The van der Waals surface area contributed by atoms with Crippen molar-refractivity contribution in [1.29, 1.82) is 0 Å². The van der Waals surface area contributed by atoms with E-state index in [1.807, 2.05) is 64.1 Å². The molecule has 0 aliphatic rings. The van der Waals surface area contributed by atoms with Gasteiger partial charge in [-0.05, 0) is 51.7 Å². The predicted molar refractivity (Wildman–Crippen MR) is 145 cm³/mol. The SMILES string of the molecule is CN(C(=O)CN(CCO)CC(=O)N(C)C(C)(C)Cc1ccccc1)C(C)(C)Cc1ccccc1.Cl. The van der Waals surface area contributed by atoms with E-state index in [4.69, 9.17) is 0 Å². The summed E-state index contributed by atoms with van der Waals surface area (Å²) < 4.78 is 0. The highest BCUT2D eigenvalue weighted by Crippen LogP contribution is 2.21. The lowest BCUT2D eigenvalue weighted by atomic mass is 9.93.